The van der Waals surface area contributed by atoms with E-state index < -0.39 is 5.97 Å². The van der Waals surface area contributed by atoms with Crippen LogP contribution in [-0.2, 0) is 17.6 Å². The Bertz CT molecular complexity index is 291. The van der Waals surface area contributed by atoms with E-state index in [2.05, 4.69) is 11.9 Å². The molecule has 0 unspecified atom stereocenters. The fourth-order valence-corrected chi connectivity index (χ4v) is 1.23. The molecular formula is C10H15NO2. The minimum Gasteiger partial charge on any atom is -0.481 e. The number of carboxylic acid groups (broad SMARTS) is 1. The van der Waals surface area contributed by atoms with Gasteiger partial charge < -0.3 is 10.1 Å². The summed E-state index contributed by atoms with van der Waals surface area (Å²) in [6.07, 6.45) is 3.50. The molecule has 13 heavy (non-hydrogen) atoms. The molecule has 2 N–H and O–H groups in total. The van der Waals surface area contributed by atoms with Gasteiger partial charge in [0.25, 0.3) is 0 Å². The number of aryl methyl sites for hydroxylation is 1. The summed E-state index contributed by atoms with van der Waals surface area (Å²) in [6.45, 7) is 3.79. The third kappa shape index (κ3) is 2.61. The van der Waals surface area contributed by atoms with Crippen molar-refractivity contribution in [2.75, 3.05) is 0 Å². The van der Waals surface area contributed by atoms with E-state index in [0.29, 0.717) is 6.42 Å². The molecule has 0 aromatic carbocycles. The maximum atomic E-state index is 10.6. The second-order valence-electron chi connectivity index (χ2n) is 3.33. The lowest BCUT2D eigenvalue weighted by atomic mass is 10.1. The first kappa shape index (κ1) is 9.84. The Morgan fingerprint density at radius 2 is 2.38 bits per heavy atom. The largest absolute Gasteiger partial charge is 0.481 e. The van der Waals surface area contributed by atoms with Gasteiger partial charge in [0.15, 0.2) is 0 Å². The van der Waals surface area contributed by atoms with Crippen LogP contribution in [0.25, 0.3) is 0 Å². The molecule has 0 radical (unpaired) electrons. The zero-order valence-corrected chi connectivity index (χ0v) is 8.00. The van der Waals surface area contributed by atoms with Crippen LogP contribution in [-0.4, -0.2) is 16.1 Å². The second-order valence-corrected chi connectivity index (χ2v) is 3.33. The number of aromatic nitrogens is 1. The van der Waals surface area contributed by atoms with Crippen LogP contribution < -0.4 is 0 Å². The predicted octanol–water partition coefficient (Wildman–Crippen LogP) is 1.84. The van der Waals surface area contributed by atoms with Crippen LogP contribution in [0.5, 0.6) is 0 Å². The number of nitrogens with one attached hydrogen (secondary N) is 1. The van der Waals surface area contributed by atoms with Crippen LogP contribution in [0.4, 0.5) is 0 Å². The molecule has 1 atom stereocenters. The van der Waals surface area contributed by atoms with Gasteiger partial charge >= 0.3 is 5.97 Å². The van der Waals surface area contributed by atoms with Gasteiger partial charge in [0, 0.05) is 18.3 Å². The summed E-state index contributed by atoms with van der Waals surface area (Å²) in [5.41, 5.74) is 2.24. The molecule has 0 fully saturated rings. The Labute approximate surface area is 77.8 Å². The molecule has 0 amide bonds. The molecule has 0 saturated carbocycles. The number of aliphatic carboxylic acids is 1. The van der Waals surface area contributed by atoms with Crippen molar-refractivity contribution in [1.82, 2.24) is 4.98 Å². The molecular weight excluding hydrogens is 166 g/mol. The first-order chi connectivity index (χ1) is 6.13. The van der Waals surface area contributed by atoms with E-state index in [9.17, 15) is 4.79 Å². The van der Waals surface area contributed by atoms with Gasteiger partial charge in [-0.2, -0.15) is 0 Å². The third-order valence-corrected chi connectivity index (χ3v) is 2.16. The van der Waals surface area contributed by atoms with Crippen molar-refractivity contribution < 1.29 is 9.90 Å². The number of carbonyl (C=O) groups is 1. The molecule has 0 saturated heterocycles. The minimum absolute atomic E-state index is 0.316. The van der Waals surface area contributed by atoms with Crippen LogP contribution in [0.15, 0.2) is 12.3 Å². The topological polar surface area (TPSA) is 53.1 Å². The Morgan fingerprint density at radius 1 is 1.69 bits per heavy atom. The van der Waals surface area contributed by atoms with Crippen LogP contribution in [0.2, 0.25) is 0 Å². The number of H-pyrrole nitrogens is 1. The van der Waals surface area contributed by atoms with E-state index in [1.165, 1.54) is 5.56 Å². The summed E-state index contributed by atoms with van der Waals surface area (Å²) in [4.78, 5) is 13.6. The van der Waals surface area contributed by atoms with Gasteiger partial charge in [-0.1, -0.05) is 13.8 Å². The lowest BCUT2D eigenvalue weighted by molar-refractivity contribution is -0.141. The maximum Gasteiger partial charge on any atom is 0.306 e. The van der Waals surface area contributed by atoms with E-state index >= 15 is 0 Å². The molecule has 1 rings (SSSR count). The monoisotopic (exact) mass is 181 g/mol. The van der Waals surface area contributed by atoms with E-state index in [0.717, 1.165) is 12.1 Å². The molecule has 3 heteroatoms. The Balaban J connectivity index is 2.58. The van der Waals surface area contributed by atoms with Crippen LogP contribution >= 0.6 is 0 Å². The Hall–Kier alpha value is -1.25. The third-order valence-electron chi connectivity index (χ3n) is 2.16. The highest BCUT2D eigenvalue weighted by molar-refractivity contribution is 5.69. The van der Waals surface area contributed by atoms with Gasteiger partial charge in [-0.05, 0) is 18.1 Å². The molecule has 0 spiro atoms. The van der Waals surface area contributed by atoms with Crippen molar-refractivity contribution in [2.24, 2.45) is 5.92 Å². The molecule has 1 heterocycles. The number of hydrogen-bond donors (Lipinski definition) is 2. The summed E-state index contributed by atoms with van der Waals surface area (Å²) >= 11 is 0. The highest BCUT2D eigenvalue weighted by Gasteiger charge is 2.12. The first-order valence-electron chi connectivity index (χ1n) is 4.52. The standard InChI is InChI=1S/C10H15NO2/c1-3-8-5-9(11-6-8)4-7(2)10(12)13/h5-7,11H,3-4H2,1-2H3,(H,12,13)/t7-/m0/s1. The smallest absolute Gasteiger partial charge is 0.306 e. The zero-order valence-electron chi connectivity index (χ0n) is 8.00. The molecule has 1 aromatic heterocycles. The fraction of sp³-hybridized carbons (Fsp3) is 0.500. The van der Waals surface area contributed by atoms with E-state index in [4.69, 9.17) is 5.11 Å². The van der Waals surface area contributed by atoms with Crippen LogP contribution in [0.3, 0.4) is 0 Å². The predicted molar refractivity (Wildman–Crippen MR) is 50.7 cm³/mol. The average molecular weight is 181 g/mol. The van der Waals surface area contributed by atoms with Gasteiger partial charge in [0.1, 0.15) is 0 Å². The molecule has 1 aromatic rings. The van der Waals surface area contributed by atoms with Gasteiger partial charge in [-0.3, -0.25) is 4.79 Å². The van der Waals surface area contributed by atoms with E-state index in [1.807, 2.05) is 12.3 Å². The maximum absolute atomic E-state index is 10.6. The number of hydrogen-bond acceptors (Lipinski definition) is 1. The second kappa shape index (κ2) is 4.12. The summed E-state index contributed by atoms with van der Waals surface area (Å²) in [5.74, 6) is -1.06. The minimum atomic E-state index is -0.743. The van der Waals surface area contributed by atoms with Gasteiger partial charge in [-0.25, -0.2) is 0 Å². The van der Waals surface area contributed by atoms with Crippen molar-refractivity contribution in [2.45, 2.75) is 26.7 Å². The number of aromatic amines is 1. The highest BCUT2D eigenvalue weighted by atomic mass is 16.4. The molecule has 72 valence electrons. The lowest BCUT2D eigenvalue weighted by Gasteiger charge is -2.02. The van der Waals surface area contributed by atoms with Crippen molar-refractivity contribution in [1.29, 1.82) is 0 Å². The number of carboxylic acids is 1. The van der Waals surface area contributed by atoms with Gasteiger partial charge in [0.2, 0.25) is 0 Å². The molecule has 0 aliphatic rings. The summed E-state index contributed by atoms with van der Waals surface area (Å²) in [6, 6.07) is 2.03. The Kier molecular flexibility index (Phi) is 3.12. The lowest BCUT2D eigenvalue weighted by Crippen LogP contribution is -2.12. The average Bonchev–Trinajstić information content (AvgIpc) is 2.52. The van der Waals surface area contributed by atoms with Crippen molar-refractivity contribution in [3.63, 3.8) is 0 Å². The van der Waals surface area contributed by atoms with Crippen molar-refractivity contribution in [3.8, 4) is 0 Å². The first-order valence-corrected chi connectivity index (χ1v) is 4.52. The van der Waals surface area contributed by atoms with E-state index in [1.54, 1.807) is 6.92 Å². The van der Waals surface area contributed by atoms with Crippen molar-refractivity contribution >= 4 is 5.97 Å². The highest BCUT2D eigenvalue weighted by Crippen LogP contribution is 2.09. The van der Waals surface area contributed by atoms with Crippen LogP contribution in [0.1, 0.15) is 25.1 Å². The SMILES string of the molecule is CCc1c[nH]c(C[C@H](C)C(=O)O)c1. The summed E-state index contributed by atoms with van der Waals surface area (Å²) in [5, 5.41) is 8.69. The molecule has 0 bridgehead atoms. The number of rotatable bonds is 4. The normalized spacial score (nSPS) is 12.8. The molecule has 3 nitrogen and oxygen atoms in total. The van der Waals surface area contributed by atoms with Crippen molar-refractivity contribution in [3.05, 3.63) is 23.5 Å². The van der Waals surface area contributed by atoms with Gasteiger partial charge in [-0.15, -0.1) is 0 Å². The van der Waals surface area contributed by atoms with E-state index in [-0.39, 0.29) is 5.92 Å². The summed E-state index contributed by atoms with van der Waals surface area (Å²) < 4.78 is 0. The fourth-order valence-electron chi connectivity index (χ4n) is 1.23. The zero-order chi connectivity index (χ0) is 9.84. The quantitative estimate of drug-likeness (QED) is 0.744. The van der Waals surface area contributed by atoms with Crippen LogP contribution in [0, 0.1) is 5.92 Å². The Morgan fingerprint density at radius 3 is 2.85 bits per heavy atom. The van der Waals surface area contributed by atoms with Gasteiger partial charge in [0.05, 0.1) is 5.92 Å². The molecule has 0 aliphatic heterocycles. The molecule has 0 aliphatic carbocycles. The summed E-state index contributed by atoms with van der Waals surface area (Å²) in [7, 11) is 0.